The van der Waals surface area contributed by atoms with Crippen LogP contribution in [-0.4, -0.2) is 10.9 Å². The summed E-state index contributed by atoms with van der Waals surface area (Å²) in [4.78, 5) is 16.4. The topological polar surface area (TPSA) is 54.0 Å². The summed E-state index contributed by atoms with van der Waals surface area (Å²) in [5.74, 6) is 0.840. The molecule has 2 N–H and O–H groups in total. The lowest BCUT2D eigenvalue weighted by molar-refractivity contribution is -0.120. The Bertz CT molecular complexity index is 639. The summed E-state index contributed by atoms with van der Waals surface area (Å²) < 4.78 is 0. The molecule has 1 aromatic heterocycles. The van der Waals surface area contributed by atoms with E-state index >= 15 is 0 Å². The molecule has 0 aliphatic rings. The molecule has 0 unspecified atom stereocenters. The van der Waals surface area contributed by atoms with Crippen LogP contribution in [0.5, 0.6) is 0 Å². The third-order valence-corrected chi connectivity index (χ3v) is 4.17. The van der Waals surface area contributed by atoms with E-state index in [1.54, 1.807) is 6.20 Å². The lowest BCUT2D eigenvalue weighted by Crippen LogP contribution is -2.21. The molecule has 0 aliphatic carbocycles. The fourth-order valence-electron chi connectivity index (χ4n) is 2.30. The fourth-order valence-corrected chi connectivity index (χ4v) is 2.51. The monoisotopic (exact) mass is 331 g/mol. The number of hydrogen-bond donors (Lipinski definition) is 2. The van der Waals surface area contributed by atoms with Gasteiger partial charge in [0.1, 0.15) is 5.82 Å². The standard InChI is InChI=1S/C18H22ClN3O/c1-3-13(4-2)18(23)22-15-9-10-17(21-12-15)20-11-14-7-5-6-8-16(14)19/h5-10,12-13H,3-4,11H2,1-2H3,(H,20,21)(H,22,23). The van der Waals surface area contributed by atoms with Crippen molar-refractivity contribution < 1.29 is 4.79 Å². The molecule has 1 amide bonds. The Labute approximate surface area is 142 Å². The minimum Gasteiger partial charge on any atom is -0.366 e. The van der Waals surface area contributed by atoms with Gasteiger partial charge in [0, 0.05) is 17.5 Å². The number of benzene rings is 1. The molecule has 0 atom stereocenters. The molecule has 4 nitrogen and oxygen atoms in total. The van der Waals surface area contributed by atoms with Crippen LogP contribution in [0.1, 0.15) is 32.3 Å². The van der Waals surface area contributed by atoms with E-state index in [0.29, 0.717) is 12.2 Å². The molecule has 1 aromatic carbocycles. The van der Waals surface area contributed by atoms with Gasteiger partial charge in [0.25, 0.3) is 0 Å². The molecule has 2 aromatic rings. The van der Waals surface area contributed by atoms with Gasteiger partial charge in [-0.2, -0.15) is 0 Å². The summed E-state index contributed by atoms with van der Waals surface area (Å²) in [6, 6.07) is 11.4. The highest BCUT2D eigenvalue weighted by molar-refractivity contribution is 6.31. The van der Waals surface area contributed by atoms with E-state index in [-0.39, 0.29) is 11.8 Å². The normalized spacial score (nSPS) is 10.6. The highest BCUT2D eigenvalue weighted by Gasteiger charge is 2.14. The number of anilines is 2. The van der Waals surface area contributed by atoms with E-state index < -0.39 is 0 Å². The molecular weight excluding hydrogens is 310 g/mol. The molecule has 122 valence electrons. The summed E-state index contributed by atoms with van der Waals surface area (Å²) in [7, 11) is 0. The van der Waals surface area contributed by atoms with Gasteiger partial charge in [0.2, 0.25) is 5.91 Å². The molecule has 0 spiro atoms. The van der Waals surface area contributed by atoms with Crippen molar-refractivity contribution in [3.63, 3.8) is 0 Å². The summed E-state index contributed by atoms with van der Waals surface area (Å²) in [6.07, 6.45) is 3.34. The molecule has 0 aliphatic heterocycles. The maximum atomic E-state index is 12.0. The van der Waals surface area contributed by atoms with E-state index in [9.17, 15) is 4.79 Å². The van der Waals surface area contributed by atoms with Crippen molar-refractivity contribution in [2.24, 2.45) is 5.92 Å². The van der Waals surface area contributed by atoms with Crippen LogP contribution in [0.25, 0.3) is 0 Å². The number of carbonyl (C=O) groups excluding carboxylic acids is 1. The molecule has 23 heavy (non-hydrogen) atoms. The summed E-state index contributed by atoms with van der Waals surface area (Å²) in [5.41, 5.74) is 1.73. The number of carbonyl (C=O) groups is 1. The van der Waals surface area contributed by atoms with E-state index in [0.717, 1.165) is 29.2 Å². The fraction of sp³-hybridized carbons (Fsp3) is 0.333. The van der Waals surface area contributed by atoms with E-state index in [1.165, 1.54) is 0 Å². The van der Waals surface area contributed by atoms with E-state index in [1.807, 2.05) is 50.2 Å². The third-order valence-electron chi connectivity index (χ3n) is 3.81. The SMILES string of the molecule is CCC(CC)C(=O)Nc1ccc(NCc2ccccc2Cl)nc1. The van der Waals surface area contributed by atoms with Crippen LogP contribution in [0, 0.1) is 5.92 Å². The van der Waals surface area contributed by atoms with E-state index in [4.69, 9.17) is 11.6 Å². The van der Waals surface area contributed by atoms with Gasteiger partial charge < -0.3 is 10.6 Å². The predicted octanol–water partition coefficient (Wildman–Crippen LogP) is 4.72. The molecule has 0 fully saturated rings. The average Bonchev–Trinajstić information content (AvgIpc) is 2.56. The van der Waals surface area contributed by atoms with Gasteiger partial charge in [-0.25, -0.2) is 4.98 Å². The second-order valence-electron chi connectivity index (χ2n) is 5.38. The highest BCUT2D eigenvalue weighted by Crippen LogP contribution is 2.17. The first-order valence-corrected chi connectivity index (χ1v) is 8.26. The van der Waals surface area contributed by atoms with Crippen LogP contribution in [0.4, 0.5) is 11.5 Å². The van der Waals surface area contributed by atoms with Crippen LogP contribution in [0.15, 0.2) is 42.6 Å². The van der Waals surface area contributed by atoms with Gasteiger partial charge in [-0.15, -0.1) is 0 Å². The van der Waals surface area contributed by atoms with Gasteiger partial charge in [-0.1, -0.05) is 43.6 Å². The van der Waals surface area contributed by atoms with Crippen molar-refractivity contribution in [1.29, 1.82) is 0 Å². The van der Waals surface area contributed by atoms with Crippen molar-refractivity contribution in [3.8, 4) is 0 Å². The molecule has 1 heterocycles. The van der Waals surface area contributed by atoms with E-state index in [2.05, 4.69) is 15.6 Å². The van der Waals surface area contributed by atoms with Crippen molar-refractivity contribution in [3.05, 3.63) is 53.2 Å². The second-order valence-corrected chi connectivity index (χ2v) is 5.79. The number of amides is 1. The van der Waals surface area contributed by atoms with Crippen molar-refractivity contribution >= 4 is 29.0 Å². The lowest BCUT2D eigenvalue weighted by atomic mass is 10.0. The number of halogens is 1. The van der Waals surface area contributed by atoms with Crippen LogP contribution in [0.2, 0.25) is 5.02 Å². The number of rotatable bonds is 7. The minimum atomic E-state index is 0.0491. The zero-order valence-electron chi connectivity index (χ0n) is 13.5. The smallest absolute Gasteiger partial charge is 0.227 e. The maximum Gasteiger partial charge on any atom is 0.227 e. The predicted molar refractivity (Wildman–Crippen MR) is 95.7 cm³/mol. The largest absolute Gasteiger partial charge is 0.366 e. The highest BCUT2D eigenvalue weighted by atomic mass is 35.5. The number of nitrogens with one attached hydrogen (secondary N) is 2. The Morgan fingerprint density at radius 3 is 2.52 bits per heavy atom. The van der Waals surface area contributed by atoms with Gasteiger partial charge in [0.15, 0.2) is 0 Å². The molecule has 0 saturated carbocycles. The van der Waals surface area contributed by atoms with Gasteiger partial charge in [0.05, 0.1) is 11.9 Å². The molecule has 2 rings (SSSR count). The van der Waals surface area contributed by atoms with Gasteiger partial charge in [-0.05, 0) is 36.6 Å². The molecule has 0 bridgehead atoms. The summed E-state index contributed by atoms with van der Waals surface area (Å²) >= 11 is 6.12. The van der Waals surface area contributed by atoms with Crippen molar-refractivity contribution in [1.82, 2.24) is 4.98 Å². The Kier molecular flexibility index (Phi) is 6.41. The van der Waals surface area contributed by atoms with Crippen LogP contribution in [0.3, 0.4) is 0 Å². The van der Waals surface area contributed by atoms with Crippen molar-refractivity contribution in [2.45, 2.75) is 33.2 Å². The number of aromatic nitrogens is 1. The third kappa shape index (κ3) is 4.96. The Morgan fingerprint density at radius 2 is 1.91 bits per heavy atom. The molecular formula is C18H22ClN3O. The molecule has 0 saturated heterocycles. The second kappa shape index (κ2) is 8.53. The van der Waals surface area contributed by atoms with Gasteiger partial charge in [-0.3, -0.25) is 4.79 Å². The number of hydrogen-bond acceptors (Lipinski definition) is 3. The quantitative estimate of drug-likeness (QED) is 0.771. The maximum absolute atomic E-state index is 12.0. The van der Waals surface area contributed by atoms with Crippen LogP contribution < -0.4 is 10.6 Å². The molecule has 0 radical (unpaired) electrons. The van der Waals surface area contributed by atoms with Crippen LogP contribution >= 0.6 is 11.6 Å². The Hall–Kier alpha value is -2.07. The molecule has 5 heteroatoms. The zero-order chi connectivity index (χ0) is 16.7. The first-order chi connectivity index (χ1) is 11.1. The average molecular weight is 332 g/mol. The Balaban J connectivity index is 1.92. The number of nitrogens with zero attached hydrogens (tertiary/aromatic N) is 1. The summed E-state index contributed by atoms with van der Waals surface area (Å²) in [6.45, 7) is 4.65. The van der Waals surface area contributed by atoms with Crippen molar-refractivity contribution in [2.75, 3.05) is 10.6 Å². The van der Waals surface area contributed by atoms with Crippen LogP contribution in [-0.2, 0) is 11.3 Å². The number of pyridine rings is 1. The first kappa shape index (κ1) is 17.3. The van der Waals surface area contributed by atoms with Gasteiger partial charge >= 0.3 is 0 Å². The lowest BCUT2D eigenvalue weighted by Gasteiger charge is -2.13. The minimum absolute atomic E-state index is 0.0491. The first-order valence-electron chi connectivity index (χ1n) is 7.88. The zero-order valence-corrected chi connectivity index (χ0v) is 14.2. The summed E-state index contributed by atoms with van der Waals surface area (Å²) in [5, 5.41) is 6.85. The Morgan fingerprint density at radius 1 is 1.17 bits per heavy atom.